The minimum absolute atomic E-state index is 0.0321. The summed E-state index contributed by atoms with van der Waals surface area (Å²) < 4.78 is 10.5. The van der Waals surface area contributed by atoms with E-state index < -0.39 is 0 Å². The van der Waals surface area contributed by atoms with Gasteiger partial charge in [-0.2, -0.15) is 0 Å². The minimum Gasteiger partial charge on any atom is -0.391 e. The first-order valence-electron chi connectivity index (χ1n) is 3.69. The van der Waals surface area contributed by atoms with Gasteiger partial charge in [0.1, 0.15) is 5.01 Å². The summed E-state index contributed by atoms with van der Waals surface area (Å²) in [5, 5.41) is 9.57. The molecule has 1 fully saturated rings. The zero-order valence-electron chi connectivity index (χ0n) is 6.40. The molecule has 0 aliphatic carbocycles. The molecule has 2 heterocycles. The van der Waals surface area contributed by atoms with Crippen LogP contribution in [0.2, 0.25) is 0 Å². The van der Waals surface area contributed by atoms with Crippen LogP contribution in [0.4, 0.5) is 0 Å². The number of hydrogen-bond acceptors (Lipinski definition) is 5. The second-order valence-corrected chi connectivity index (χ2v) is 3.54. The van der Waals surface area contributed by atoms with E-state index in [9.17, 15) is 0 Å². The predicted octanol–water partition coefficient (Wildman–Crippen LogP) is 0.681. The summed E-state index contributed by atoms with van der Waals surface area (Å²) in [6.45, 7) is 1.28. The van der Waals surface area contributed by atoms with Gasteiger partial charge in [-0.3, -0.25) is 0 Å². The Morgan fingerprint density at radius 2 is 2.33 bits per heavy atom. The lowest BCUT2D eigenvalue weighted by molar-refractivity contribution is -0.0442. The fourth-order valence-corrected chi connectivity index (χ4v) is 1.78. The fourth-order valence-electron chi connectivity index (χ4n) is 1.01. The predicted molar refractivity (Wildman–Crippen MR) is 42.7 cm³/mol. The summed E-state index contributed by atoms with van der Waals surface area (Å²) in [6.07, 6.45) is 1.33. The van der Waals surface area contributed by atoms with Gasteiger partial charge in [0.05, 0.1) is 24.7 Å². The van der Waals surface area contributed by atoms with E-state index in [2.05, 4.69) is 4.98 Å². The van der Waals surface area contributed by atoms with E-state index in [1.165, 1.54) is 11.3 Å². The van der Waals surface area contributed by atoms with Crippen molar-refractivity contribution in [2.45, 2.75) is 12.9 Å². The maximum absolute atomic E-state index is 8.78. The molecule has 0 spiro atoms. The van der Waals surface area contributed by atoms with Crippen LogP contribution in [-0.4, -0.2) is 23.3 Å². The van der Waals surface area contributed by atoms with Gasteiger partial charge >= 0.3 is 0 Å². The summed E-state index contributed by atoms with van der Waals surface area (Å²) in [5.74, 6) is 0. The van der Waals surface area contributed by atoms with Crippen LogP contribution >= 0.6 is 11.3 Å². The lowest BCUT2D eigenvalue weighted by Gasteiger charge is -2.02. The zero-order valence-corrected chi connectivity index (χ0v) is 7.21. The van der Waals surface area contributed by atoms with Crippen molar-refractivity contribution in [2.24, 2.45) is 0 Å². The van der Waals surface area contributed by atoms with Crippen molar-refractivity contribution in [3.05, 3.63) is 16.1 Å². The van der Waals surface area contributed by atoms with Gasteiger partial charge in [-0.25, -0.2) is 4.98 Å². The van der Waals surface area contributed by atoms with Crippen molar-refractivity contribution < 1.29 is 14.6 Å². The molecule has 0 amide bonds. The van der Waals surface area contributed by atoms with E-state index in [1.807, 2.05) is 0 Å². The van der Waals surface area contributed by atoms with Crippen molar-refractivity contribution in [1.82, 2.24) is 4.98 Å². The summed E-state index contributed by atoms with van der Waals surface area (Å²) in [7, 11) is 0. The second-order valence-electron chi connectivity index (χ2n) is 2.40. The van der Waals surface area contributed by atoms with E-state index in [4.69, 9.17) is 14.6 Å². The average molecular weight is 187 g/mol. The van der Waals surface area contributed by atoms with Gasteiger partial charge in [-0.15, -0.1) is 11.3 Å². The summed E-state index contributed by atoms with van der Waals surface area (Å²) in [6, 6.07) is 0. The molecule has 66 valence electrons. The third-order valence-electron chi connectivity index (χ3n) is 1.55. The Morgan fingerprint density at radius 1 is 1.58 bits per heavy atom. The highest BCUT2D eigenvalue weighted by atomic mass is 32.1. The SMILES string of the molecule is OCc1cnc(C2OCCO2)s1. The highest BCUT2D eigenvalue weighted by Crippen LogP contribution is 2.26. The van der Waals surface area contributed by atoms with Crippen LogP contribution in [0.15, 0.2) is 6.20 Å². The molecular formula is C7H9NO3S. The van der Waals surface area contributed by atoms with Gasteiger partial charge in [0, 0.05) is 6.20 Å². The number of ether oxygens (including phenoxy) is 2. The topological polar surface area (TPSA) is 51.6 Å². The normalized spacial score (nSPS) is 18.8. The highest BCUT2D eigenvalue weighted by Gasteiger charge is 2.21. The second kappa shape index (κ2) is 3.49. The maximum Gasteiger partial charge on any atom is 0.211 e. The lowest BCUT2D eigenvalue weighted by Crippen LogP contribution is -1.95. The summed E-state index contributed by atoms with van der Waals surface area (Å²) >= 11 is 1.42. The molecule has 1 aliphatic heterocycles. The molecule has 1 aromatic heterocycles. The van der Waals surface area contributed by atoms with Gasteiger partial charge in [0.15, 0.2) is 0 Å². The molecule has 1 N–H and O–H groups in total. The number of rotatable bonds is 2. The van der Waals surface area contributed by atoms with Crippen LogP contribution in [0, 0.1) is 0 Å². The molecule has 5 heteroatoms. The van der Waals surface area contributed by atoms with Gasteiger partial charge in [0.25, 0.3) is 0 Å². The fraction of sp³-hybridized carbons (Fsp3) is 0.571. The van der Waals surface area contributed by atoms with Crippen molar-refractivity contribution >= 4 is 11.3 Å². The summed E-state index contributed by atoms with van der Waals surface area (Å²) in [5.41, 5.74) is 0. The van der Waals surface area contributed by atoms with E-state index in [-0.39, 0.29) is 12.9 Å². The Balaban J connectivity index is 2.11. The van der Waals surface area contributed by atoms with Crippen LogP contribution in [0.25, 0.3) is 0 Å². The number of thiazole rings is 1. The van der Waals surface area contributed by atoms with Crippen molar-refractivity contribution in [3.8, 4) is 0 Å². The summed E-state index contributed by atoms with van der Waals surface area (Å²) in [4.78, 5) is 4.91. The van der Waals surface area contributed by atoms with Crippen LogP contribution in [0.1, 0.15) is 16.2 Å². The van der Waals surface area contributed by atoms with Crippen LogP contribution in [0.5, 0.6) is 0 Å². The van der Waals surface area contributed by atoms with Gasteiger partial charge < -0.3 is 14.6 Å². The molecule has 0 saturated carbocycles. The molecule has 1 aliphatic rings. The van der Waals surface area contributed by atoms with Crippen LogP contribution in [-0.2, 0) is 16.1 Å². The standard InChI is InChI=1S/C7H9NO3S/c9-4-5-3-8-6(12-5)7-10-1-2-11-7/h3,7,9H,1-2,4H2. The van der Waals surface area contributed by atoms with Crippen LogP contribution < -0.4 is 0 Å². The largest absolute Gasteiger partial charge is 0.391 e. The van der Waals surface area contributed by atoms with Gasteiger partial charge in [-0.05, 0) is 0 Å². The number of aliphatic hydroxyl groups excluding tert-OH is 1. The first-order valence-corrected chi connectivity index (χ1v) is 4.50. The Morgan fingerprint density at radius 3 is 2.92 bits per heavy atom. The van der Waals surface area contributed by atoms with Gasteiger partial charge in [0.2, 0.25) is 6.29 Å². The maximum atomic E-state index is 8.78. The molecular weight excluding hydrogens is 178 g/mol. The van der Waals surface area contributed by atoms with Crippen molar-refractivity contribution in [2.75, 3.05) is 13.2 Å². The molecule has 0 aromatic carbocycles. The Labute approximate surface area is 73.8 Å². The molecule has 0 radical (unpaired) electrons. The Hall–Kier alpha value is -0.490. The number of nitrogens with zero attached hydrogens (tertiary/aromatic N) is 1. The molecule has 12 heavy (non-hydrogen) atoms. The molecule has 1 saturated heterocycles. The molecule has 2 rings (SSSR count). The lowest BCUT2D eigenvalue weighted by atomic mass is 10.6. The number of aromatic nitrogens is 1. The number of aliphatic hydroxyl groups is 1. The molecule has 0 bridgehead atoms. The van der Waals surface area contributed by atoms with E-state index in [0.717, 1.165) is 9.88 Å². The first-order chi connectivity index (χ1) is 5.90. The van der Waals surface area contributed by atoms with Crippen LogP contribution in [0.3, 0.4) is 0 Å². The third kappa shape index (κ3) is 1.49. The zero-order chi connectivity index (χ0) is 8.39. The quantitative estimate of drug-likeness (QED) is 0.739. The van der Waals surface area contributed by atoms with Crippen molar-refractivity contribution in [1.29, 1.82) is 0 Å². The van der Waals surface area contributed by atoms with E-state index in [1.54, 1.807) is 6.20 Å². The van der Waals surface area contributed by atoms with Gasteiger partial charge in [-0.1, -0.05) is 0 Å². The Bertz CT molecular complexity index is 257. The Kier molecular flexibility index (Phi) is 2.36. The molecule has 0 unspecified atom stereocenters. The molecule has 1 aromatic rings. The first kappa shape index (κ1) is 8.12. The average Bonchev–Trinajstić information content (AvgIpc) is 2.75. The van der Waals surface area contributed by atoms with Crippen molar-refractivity contribution in [3.63, 3.8) is 0 Å². The van der Waals surface area contributed by atoms with E-state index >= 15 is 0 Å². The monoisotopic (exact) mass is 187 g/mol. The minimum atomic E-state index is -0.310. The van der Waals surface area contributed by atoms with E-state index in [0.29, 0.717) is 13.2 Å². The highest BCUT2D eigenvalue weighted by molar-refractivity contribution is 7.11. The smallest absolute Gasteiger partial charge is 0.211 e. The number of hydrogen-bond donors (Lipinski definition) is 1. The molecule has 4 nitrogen and oxygen atoms in total. The third-order valence-corrected chi connectivity index (χ3v) is 2.55. The molecule has 0 atom stereocenters.